The van der Waals surface area contributed by atoms with Gasteiger partial charge in [-0.1, -0.05) is 38.8 Å². The Labute approximate surface area is 128 Å². The van der Waals surface area contributed by atoms with Gasteiger partial charge in [0.1, 0.15) is 6.61 Å². The number of ether oxygens (including phenoxy) is 1. The monoisotopic (exact) mass is 297 g/mol. The van der Waals surface area contributed by atoms with Gasteiger partial charge in [-0.25, -0.2) is 0 Å². The maximum Gasteiger partial charge on any atom is 0.116 e. The molecule has 0 fully saturated rings. The van der Waals surface area contributed by atoms with Gasteiger partial charge < -0.3 is 20.7 Å². The van der Waals surface area contributed by atoms with Crippen molar-refractivity contribution in [3.63, 3.8) is 0 Å². The third kappa shape index (κ3) is 6.20. The minimum Gasteiger partial charge on any atom is -0.495 e. The summed E-state index contributed by atoms with van der Waals surface area (Å²) in [6.45, 7) is 4.96. The van der Waals surface area contributed by atoms with Gasteiger partial charge in [0, 0.05) is 12.3 Å². The fourth-order valence-electron chi connectivity index (χ4n) is 2.86. The molecule has 0 bridgehead atoms. The Balaban J connectivity index is 2.51. The smallest absolute Gasteiger partial charge is 0.116 e. The third-order valence-corrected chi connectivity index (χ3v) is 3.99. The molecule has 2 atom stereocenters. The zero-order valence-corrected chi connectivity index (χ0v) is 13.4. The van der Waals surface area contributed by atoms with Crippen molar-refractivity contribution in [3.05, 3.63) is 24.0 Å². The first-order valence-electron chi connectivity index (χ1n) is 8.15. The molecule has 0 aromatic heterocycles. The normalized spacial score (nSPS) is 20.2. The molecule has 0 aliphatic heterocycles. The molecule has 122 valence electrons. The number of hydrogen-bond acceptors (Lipinski definition) is 4. The topological polar surface area (TPSA) is 75.7 Å². The second-order valence-electron chi connectivity index (χ2n) is 6.04. The van der Waals surface area contributed by atoms with Crippen LogP contribution in [0, 0.1) is 5.92 Å². The molecule has 0 radical (unpaired) electrons. The minimum absolute atomic E-state index is 0.0546. The maximum atomic E-state index is 10.6. The van der Waals surface area contributed by atoms with E-state index in [0.717, 1.165) is 31.4 Å². The molecule has 1 aliphatic rings. The minimum atomic E-state index is -0.739. The van der Waals surface area contributed by atoms with Crippen LogP contribution >= 0.6 is 0 Å². The van der Waals surface area contributed by atoms with Crippen LogP contribution in [0.3, 0.4) is 0 Å². The lowest BCUT2D eigenvalue weighted by atomic mass is 9.91. The summed E-state index contributed by atoms with van der Waals surface area (Å²) >= 11 is 0. The van der Waals surface area contributed by atoms with Gasteiger partial charge in [0.15, 0.2) is 0 Å². The summed E-state index contributed by atoms with van der Waals surface area (Å²) in [4.78, 5) is 0. The zero-order chi connectivity index (χ0) is 15.7. The third-order valence-electron chi connectivity index (χ3n) is 3.99. The average molecular weight is 297 g/mol. The van der Waals surface area contributed by atoms with Crippen LogP contribution in [0.25, 0.3) is 0 Å². The van der Waals surface area contributed by atoms with Gasteiger partial charge in [-0.2, -0.15) is 0 Å². The summed E-state index contributed by atoms with van der Waals surface area (Å²) in [7, 11) is 0. The van der Waals surface area contributed by atoms with Crippen molar-refractivity contribution >= 4 is 0 Å². The molecule has 0 aromatic rings. The van der Waals surface area contributed by atoms with Crippen LogP contribution in [0.15, 0.2) is 24.0 Å². The second-order valence-corrected chi connectivity index (χ2v) is 6.04. The quantitative estimate of drug-likeness (QED) is 0.579. The van der Waals surface area contributed by atoms with Crippen LogP contribution < -0.4 is 5.73 Å². The van der Waals surface area contributed by atoms with Gasteiger partial charge in [-0.3, -0.25) is 0 Å². The first-order chi connectivity index (χ1) is 10.0. The van der Waals surface area contributed by atoms with E-state index in [2.05, 4.69) is 13.8 Å². The van der Waals surface area contributed by atoms with Gasteiger partial charge in [0.25, 0.3) is 0 Å². The molecule has 0 aromatic carbocycles. The van der Waals surface area contributed by atoms with E-state index in [0.29, 0.717) is 26.0 Å². The first-order valence-corrected chi connectivity index (χ1v) is 8.15. The molecule has 0 heterocycles. The van der Waals surface area contributed by atoms with Crippen molar-refractivity contribution in [1.29, 1.82) is 0 Å². The summed E-state index contributed by atoms with van der Waals surface area (Å²) < 4.78 is 5.83. The molecule has 0 saturated heterocycles. The van der Waals surface area contributed by atoms with E-state index in [-0.39, 0.29) is 5.92 Å². The Kier molecular flexibility index (Phi) is 8.01. The largest absolute Gasteiger partial charge is 0.495 e. The highest BCUT2D eigenvalue weighted by molar-refractivity contribution is 5.17. The molecule has 0 amide bonds. The van der Waals surface area contributed by atoms with Crippen molar-refractivity contribution in [1.82, 2.24) is 0 Å². The number of aliphatic hydroxyl groups is 2. The lowest BCUT2D eigenvalue weighted by Gasteiger charge is -2.30. The molecule has 2 unspecified atom stereocenters. The lowest BCUT2D eigenvalue weighted by molar-refractivity contribution is -0.0431. The van der Waals surface area contributed by atoms with E-state index < -0.39 is 11.7 Å². The van der Waals surface area contributed by atoms with Crippen LogP contribution in [0.5, 0.6) is 0 Å². The Morgan fingerprint density at radius 1 is 1.38 bits per heavy atom. The number of hydrogen-bond donors (Lipinski definition) is 3. The predicted molar refractivity (Wildman–Crippen MR) is 85.7 cm³/mol. The summed E-state index contributed by atoms with van der Waals surface area (Å²) in [6, 6.07) is 0. The molecule has 21 heavy (non-hydrogen) atoms. The van der Waals surface area contributed by atoms with Crippen LogP contribution in [0.1, 0.15) is 52.4 Å². The Bertz CT molecular complexity index is 346. The van der Waals surface area contributed by atoms with Crippen LogP contribution in [-0.4, -0.2) is 35.1 Å². The average Bonchev–Trinajstić information content (AvgIpc) is 2.46. The summed E-state index contributed by atoms with van der Waals surface area (Å²) in [6.07, 6.45) is 10.1. The fraction of sp³-hybridized carbons (Fsp3) is 0.765. The molecule has 1 rings (SSSR count). The number of allylic oxidation sites excluding steroid dienone is 3. The van der Waals surface area contributed by atoms with Crippen LogP contribution in [-0.2, 0) is 4.74 Å². The van der Waals surface area contributed by atoms with E-state index in [1.54, 1.807) is 0 Å². The van der Waals surface area contributed by atoms with Crippen molar-refractivity contribution in [2.45, 2.75) is 64.1 Å². The standard InChI is InChI=1S/C17H31NO3/c1-3-9-17(20,10-4-2)13-21-15-7-5-6-14(12-15)16(19)8-11-18/h5-7,14,16,19-20H,3-4,8-13,18H2,1-2H3. The van der Waals surface area contributed by atoms with Gasteiger partial charge in [-0.05, 0) is 31.9 Å². The molecule has 4 nitrogen and oxygen atoms in total. The lowest BCUT2D eigenvalue weighted by Crippen LogP contribution is -2.34. The fourth-order valence-corrected chi connectivity index (χ4v) is 2.86. The van der Waals surface area contributed by atoms with Crippen molar-refractivity contribution in [2.24, 2.45) is 11.7 Å². The highest BCUT2D eigenvalue weighted by atomic mass is 16.5. The number of aliphatic hydroxyl groups excluding tert-OH is 1. The Morgan fingerprint density at radius 2 is 2.05 bits per heavy atom. The van der Waals surface area contributed by atoms with Crippen molar-refractivity contribution in [3.8, 4) is 0 Å². The summed E-state index contributed by atoms with van der Waals surface area (Å²) in [5.41, 5.74) is 4.75. The van der Waals surface area contributed by atoms with Crippen LogP contribution in [0.4, 0.5) is 0 Å². The van der Waals surface area contributed by atoms with E-state index in [1.807, 2.05) is 18.2 Å². The molecule has 4 heteroatoms. The van der Waals surface area contributed by atoms with Gasteiger partial charge in [-0.15, -0.1) is 0 Å². The number of nitrogens with two attached hydrogens (primary N) is 1. The predicted octanol–water partition coefficient (Wildman–Crippen LogP) is 2.50. The van der Waals surface area contributed by atoms with Gasteiger partial charge in [0.2, 0.25) is 0 Å². The highest BCUT2D eigenvalue weighted by Crippen LogP contribution is 2.27. The Morgan fingerprint density at radius 3 is 2.62 bits per heavy atom. The molecule has 1 aliphatic carbocycles. The summed E-state index contributed by atoms with van der Waals surface area (Å²) in [5.74, 6) is 0.892. The van der Waals surface area contributed by atoms with E-state index in [1.165, 1.54) is 0 Å². The second kappa shape index (κ2) is 9.23. The highest BCUT2D eigenvalue weighted by Gasteiger charge is 2.27. The molecule has 4 N–H and O–H groups in total. The molecule has 0 saturated carbocycles. The first kappa shape index (κ1) is 18.2. The van der Waals surface area contributed by atoms with E-state index in [4.69, 9.17) is 10.5 Å². The van der Waals surface area contributed by atoms with Crippen LogP contribution in [0.2, 0.25) is 0 Å². The van der Waals surface area contributed by atoms with Gasteiger partial charge in [0.05, 0.1) is 17.5 Å². The van der Waals surface area contributed by atoms with E-state index in [9.17, 15) is 10.2 Å². The van der Waals surface area contributed by atoms with Crippen molar-refractivity contribution < 1.29 is 14.9 Å². The molecule has 0 spiro atoms. The van der Waals surface area contributed by atoms with Gasteiger partial charge >= 0.3 is 0 Å². The summed E-state index contributed by atoms with van der Waals surface area (Å²) in [5, 5.41) is 20.6. The number of rotatable bonds is 10. The molecular weight excluding hydrogens is 266 g/mol. The van der Waals surface area contributed by atoms with Crippen molar-refractivity contribution in [2.75, 3.05) is 13.2 Å². The zero-order valence-electron chi connectivity index (χ0n) is 13.4. The SMILES string of the molecule is CCCC(O)(CCC)COC1=CC=CC(C(O)CCN)C1. The molecular formula is C17H31NO3. The maximum absolute atomic E-state index is 10.6. The van der Waals surface area contributed by atoms with E-state index >= 15 is 0 Å². The Hall–Kier alpha value is -0.840.